The summed E-state index contributed by atoms with van der Waals surface area (Å²) in [5.41, 5.74) is -0.0627. The lowest BCUT2D eigenvalue weighted by Crippen LogP contribution is -2.40. The Labute approximate surface area is 114 Å². The van der Waals surface area contributed by atoms with Crippen LogP contribution in [0.3, 0.4) is 0 Å². The maximum absolute atomic E-state index is 11.4. The van der Waals surface area contributed by atoms with Gasteiger partial charge in [-0.3, -0.25) is 0 Å². The number of esters is 1. The SMILES string of the molecule is COC(=O)c1sc(NC2(C)CCOCC2)nc1Cl. The van der Waals surface area contributed by atoms with Gasteiger partial charge in [-0.05, 0) is 19.8 Å². The van der Waals surface area contributed by atoms with Crippen LogP contribution in [-0.4, -0.2) is 36.8 Å². The Morgan fingerprint density at radius 1 is 1.56 bits per heavy atom. The van der Waals surface area contributed by atoms with Gasteiger partial charge in [0.15, 0.2) is 15.2 Å². The van der Waals surface area contributed by atoms with Gasteiger partial charge in [0.05, 0.1) is 7.11 Å². The smallest absolute Gasteiger partial charge is 0.351 e. The Morgan fingerprint density at radius 3 is 2.83 bits per heavy atom. The van der Waals surface area contributed by atoms with Crippen LogP contribution in [-0.2, 0) is 9.47 Å². The van der Waals surface area contributed by atoms with Crippen LogP contribution in [0, 0.1) is 0 Å². The van der Waals surface area contributed by atoms with Crippen molar-refractivity contribution in [3.05, 3.63) is 10.0 Å². The summed E-state index contributed by atoms with van der Waals surface area (Å²) in [5.74, 6) is -0.456. The number of nitrogens with one attached hydrogen (secondary N) is 1. The highest BCUT2D eigenvalue weighted by atomic mass is 35.5. The second-order valence-corrected chi connectivity index (χ2v) is 5.79. The van der Waals surface area contributed by atoms with E-state index in [1.54, 1.807) is 0 Å². The molecule has 1 aliphatic heterocycles. The molecule has 100 valence electrons. The first-order valence-corrected chi connectivity index (χ1v) is 6.84. The molecule has 0 bridgehead atoms. The highest BCUT2D eigenvalue weighted by Crippen LogP contribution is 2.32. The van der Waals surface area contributed by atoms with Gasteiger partial charge in [-0.2, -0.15) is 0 Å². The standard InChI is InChI=1S/C11H15ClN2O3S/c1-11(3-5-17-6-4-11)14-10-13-8(12)7(18-10)9(15)16-2/h3-6H2,1-2H3,(H,13,14). The van der Waals surface area contributed by atoms with Gasteiger partial charge in [0, 0.05) is 18.8 Å². The van der Waals surface area contributed by atoms with Crippen molar-refractivity contribution in [3.63, 3.8) is 0 Å². The summed E-state index contributed by atoms with van der Waals surface area (Å²) in [6, 6.07) is 0. The lowest BCUT2D eigenvalue weighted by molar-refractivity contribution is 0.0606. The van der Waals surface area contributed by atoms with Crippen molar-refractivity contribution in [2.45, 2.75) is 25.3 Å². The molecule has 18 heavy (non-hydrogen) atoms. The third-order valence-corrected chi connectivity index (χ3v) is 4.30. The lowest BCUT2D eigenvalue weighted by atomic mass is 9.93. The second-order valence-electron chi connectivity index (χ2n) is 4.43. The van der Waals surface area contributed by atoms with Crippen molar-refractivity contribution in [1.29, 1.82) is 0 Å². The van der Waals surface area contributed by atoms with E-state index in [2.05, 4.69) is 22.0 Å². The summed E-state index contributed by atoms with van der Waals surface area (Å²) in [6.45, 7) is 3.57. The Kier molecular flexibility index (Phi) is 4.09. The van der Waals surface area contributed by atoms with E-state index in [1.807, 2.05) is 0 Å². The van der Waals surface area contributed by atoms with Gasteiger partial charge < -0.3 is 14.8 Å². The topological polar surface area (TPSA) is 60.5 Å². The molecule has 5 nitrogen and oxygen atoms in total. The van der Waals surface area contributed by atoms with Crippen LogP contribution in [0.15, 0.2) is 0 Å². The molecule has 1 saturated heterocycles. The third kappa shape index (κ3) is 2.93. The number of ether oxygens (including phenoxy) is 2. The van der Waals surface area contributed by atoms with E-state index >= 15 is 0 Å². The molecule has 0 radical (unpaired) electrons. The quantitative estimate of drug-likeness (QED) is 0.867. The molecule has 0 aromatic carbocycles. The Balaban J connectivity index is 2.12. The number of hydrogen-bond donors (Lipinski definition) is 1. The molecule has 1 N–H and O–H groups in total. The minimum Gasteiger partial charge on any atom is -0.465 e. The molecule has 0 saturated carbocycles. The maximum atomic E-state index is 11.4. The average Bonchev–Trinajstić information content (AvgIpc) is 2.69. The Bertz CT molecular complexity index is 443. The summed E-state index contributed by atoms with van der Waals surface area (Å²) >= 11 is 7.13. The summed E-state index contributed by atoms with van der Waals surface area (Å²) in [6.07, 6.45) is 1.80. The molecule has 0 amide bonds. The third-order valence-electron chi connectivity index (χ3n) is 2.96. The van der Waals surface area contributed by atoms with Crippen LogP contribution >= 0.6 is 22.9 Å². The predicted octanol–water partition coefficient (Wildman–Crippen LogP) is 2.56. The number of carbonyl (C=O) groups excluding carboxylic acids is 1. The molecule has 1 fully saturated rings. The molecular formula is C11H15ClN2O3S. The average molecular weight is 291 g/mol. The van der Waals surface area contributed by atoms with Gasteiger partial charge in [-0.25, -0.2) is 9.78 Å². The fourth-order valence-electron chi connectivity index (χ4n) is 1.78. The van der Waals surface area contributed by atoms with Crippen molar-refractivity contribution in [2.75, 3.05) is 25.6 Å². The molecule has 1 aromatic heterocycles. The van der Waals surface area contributed by atoms with Crippen molar-refractivity contribution in [2.24, 2.45) is 0 Å². The Morgan fingerprint density at radius 2 is 2.22 bits per heavy atom. The van der Waals surface area contributed by atoms with E-state index in [0.717, 1.165) is 26.1 Å². The number of thiazole rings is 1. The van der Waals surface area contributed by atoms with Gasteiger partial charge in [-0.15, -0.1) is 0 Å². The molecule has 0 aliphatic carbocycles. The van der Waals surface area contributed by atoms with Gasteiger partial charge >= 0.3 is 5.97 Å². The molecule has 2 rings (SSSR count). The number of methoxy groups -OCH3 is 1. The first-order valence-electron chi connectivity index (χ1n) is 5.65. The second kappa shape index (κ2) is 5.42. The number of rotatable bonds is 3. The number of nitrogens with zero attached hydrogens (tertiary/aromatic N) is 1. The zero-order chi connectivity index (χ0) is 13.2. The number of halogens is 1. The molecular weight excluding hydrogens is 276 g/mol. The highest BCUT2D eigenvalue weighted by molar-refractivity contribution is 7.18. The molecule has 0 unspecified atom stereocenters. The van der Waals surface area contributed by atoms with Crippen LogP contribution < -0.4 is 5.32 Å². The van der Waals surface area contributed by atoms with Crippen molar-refractivity contribution < 1.29 is 14.3 Å². The number of carbonyl (C=O) groups is 1. The van der Waals surface area contributed by atoms with Crippen molar-refractivity contribution in [3.8, 4) is 0 Å². The van der Waals surface area contributed by atoms with Crippen LogP contribution in [0.2, 0.25) is 5.15 Å². The maximum Gasteiger partial charge on any atom is 0.351 e. The van der Waals surface area contributed by atoms with Gasteiger partial charge in [0.25, 0.3) is 0 Å². The molecule has 1 aromatic rings. The van der Waals surface area contributed by atoms with Crippen LogP contribution in [0.25, 0.3) is 0 Å². The molecule has 0 spiro atoms. The predicted molar refractivity (Wildman–Crippen MR) is 70.5 cm³/mol. The summed E-state index contributed by atoms with van der Waals surface area (Å²) in [4.78, 5) is 15.9. The summed E-state index contributed by atoms with van der Waals surface area (Å²) in [5, 5.41) is 4.16. The highest BCUT2D eigenvalue weighted by Gasteiger charge is 2.29. The van der Waals surface area contributed by atoms with Crippen molar-refractivity contribution >= 4 is 34.0 Å². The van der Waals surface area contributed by atoms with Gasteiger partial charge in [0.2, 0.25) is 0 Å². The van der Waals surface area contributed by atoms with Crippen molar-refractivity contribution in [1.82, 2.24) is 4.98 Å². The fourth-order valence-corrected chi connectivity index (χ4v) is 3.03. The molecule has 1 aliphatic rings. The lowest BCUT2D eigenvalue weighted by Gasteiger charge is -2.34. The van der Waals surface area contributed by atoms with E-state index in [4.69, 9.17) is 16.3 Å². The minimum absolute atomic E-state index is 0.0627. The van der Waals surface area contributed by atoms with E-state index in [1.165, 1.54) is 18.4 Å². The zero-order valence-electron chi connectivity index (χ0n) is 10.3. The van der Waals surface area contributed by atoms with E-state index in [-0.39, 0.29) is 10.7 Å². The number of anilines is 1. The molecule has 7 heteroatoms. The number of hydrogen-bond acceptors (Lipinski definition) is 6. The minimum atomic E-state index is -0.456. The Hall–Kier alpha value is -0.850. The van der Waals surface area contributed by atoms with Gasteiger partial charge in [0.1, 0.15) is 0 Å². The fraction of sp³-hybridized carbons (Fsp3) is 0.636. The van der Waals surface area contributed by atoms with Crippen LogP contribution in [0.5, 0.6) is 0 Å². The molecule has 2 heterocycles. The monoisotopic (exact) mass is 290 g/mol. The normalized spacial score (nSPS) is 18.4. The number of aromatic nitrogens is 1. The zero-order valence-corrected chi connectivity index (χ0v) is 11.9. The van der Waals surface area contributed by atoms with Gasteiger partial charge in [-0.1, -0.05) is 22.9 Å². The largest absolute Gasteiger partial charge is 0.465 e. The van der Waals surface area contributed by atoms with E-state index in [9.17, 15) is 4.79 Å². The van der Waals surface area contributed by atoms with E-state index < -0.39 is 5.97 Å². The molecule has 0 atom stereocenters. The first-order chi connectivity index (χ1) is 8.54. The van der Waals surface area contributed by atoms with Crippen LogP contribution in [0.4, 0.5) is 5.13 Å². The van der Waals surface area contributed by atoms with Crippen LogP contribution in [0.1, 0.15) is 29.4 Å². The van der Waals surface area contributed by atoms with E-state index in [0.29, 0.717) is 10.0 Å². The summed E-state index contributed by atoms with van der Waals surface area (Å²) in [7, 11) is 1.32. The first kappa shape index (κ1) is 13.6. The summed E-state index contributed by atoms with van der Waals surface area (Å²) < 4.78 is 9.97.